The highest BCUT2D eigenvalue weighted by molar-refractivity contribution is 5.81. The molecule has 0 saturated carbocycles. The number of pyridine rings is 1. The molecule has 0 spiro atoms. The zero-order chi connectivity index (χ0) is 17.1. The van der Waals surface area contributed by atoms with Gasteiger partial charge in [0.05, 0.1) is 5.39 Å². The van der Waals surface area contributed by atoms with Crippen molar-refractivity contribution in [3.8, 4) is 11.3 Å². The number of nitrogens with one attached hydrogen (secondary N) is 1. The molecule has 124 valence electrons. The van der Waals surface area contributed by atoms with Crippen molar-refractivity contribution in [2.24, 2.45) is 0 Å². The predicted octanol–water partition coefficient (Wildman–Crippen LogP) is 4.05. The van der Waals surface area contributed by atoms with Gasteiger partial charge in [0.25, 0.3) is 5.56 Å². The molecule has 0 saturated heterocycles. The summed E-state index contributed by atoms with van der Waals surface area (Å²) in [5.41, 5.74) is 2.96. The molecule has 1 aromatic carbocycles. The highest BCUT2D eigenvalue weighted by Gasteiger charge is 2.11. The van der Waals surface area contributed by atoms with Gasteiger partial charge >= 0.3 is 0 Å². The van der Waals surface area contributed by atoms with Crippen molar-refractivity contribution in [1.82, 2.24) is 4.98 Å². The normalized spacial score (nSPS) is 11.1. The molecule has 24 heavy (non-hydrogen) atoms. The Morgan fingerprint density at radius 3 is 2.50 bits per heavy atom. The van der Waals surface area contributed by atoms with Crippen LogP contribution in [0.5, 0.6) is 0 Å². The molecule has 3 aromatic rings. The molecule has 0 atom stereocenters. The Morgan fingerprint density at radius 2 is 1.75 bits per heavy atom. The molecular weight excluding hydrogens is 302 g/mol. The van der Waals surface area contributed by atoms with Crippen LogP contribution in [-0.4, -0.2) is 4.98 Å². The Kier molecular flexibility index (Phi) is 4.65. The third kappa shape index (κ3) is 3.04. The molecule has 0 fully saturated rings. The second-order valence-corrected chi connectivity index (χ2v) is 6.01. The summed E-state index contributed by atoms with van der Waals surface area (Å²) < 4.78 is 6.06. The number of H-pyrrole nitrogens is 1. The van der Waals surface area contributed by atoms with Crippen molar-refractivity contribution >= 4 is 11.0 Å². The van der Waals surface area contributed by atoms with E-state index >= 15 is 0 Å². The maximum Gasteiger partial charge on any atom is 0.251 e. The number of aromatic nitrogens is 1. The Balaban J connectivity index is 2.20. The number of aromatic amines is 1. The topological polar surface area (TPSA) is 63.1 Å². The third-order valence-electron chi connectivity index (χ3n) is 4.14. The monoisotopic (exact) mass is 323 g/mol. The molecule has 4 nitrogen and oxygen atoms in total. The van der Waals surface area contributed by atoms with E-state index in [9.17, 15) is 9.59 Å². The van der Waals surface area contributed by atoms with Gasteiger partial charge in [0.15, 0.2) is 5.43 Å². The first kappa shape index (κ1) is 16.2. The number of aryl methyl sites for hydroxylation is 2. The van der Waals surface area contributed by atoms with Gasteiger partial charge in [-0.15, -0.1) is 0 Å². The van der Waals surface area contributed by atoms with Crippen LogP contribution in [-0.2, 0) is 12.8 Å². The first-order chi connectivity index (χ1) is 11.6. The van der Waals surface area contributed by atoms with Gasteiger partial charge in [0, 0.05) is 23.4 Å². The fourth-order valence-corrected chi connectivity index (χ4v) is 2.97. The molecule has 0 aliphatic carbocycles. The van der Waals surface area contributed by atoms with E-state index in [2.05, 4.69) is 11.9 Å². The molecule has 0 radical (unpaired) electrons. The van der Waals surface area contributed by atoms with Crippen molar-refractivity contribution in [3.05, 3.63) is 68.2 Å². The lowest BCUT2D eigenvalue weighted by molar-refractivity contribution is 0.612. The lowest BCUT2D eigenvalue weighted by Gasteiger charge is -2.08. The molecule has 4 heteroatoms. The summed E-state index contributed by atoms with van der Waals surface area (Å²) in [5, 5.41) is 0.600. The van der Waals surface area contributed by atoms with E-state index in [1.165, 1.54) is 6.07 Å². The summed E-state index contributed by atoms with van der Waals surface area (Å²) in [6, 6.07) is 8.99. The van der Waals surface area contributed by atoms with E-state index in [0.717, 1.165) is 30.4 Å². The molecule has 2 aromatic heterocycles. The first-order valence-electron chi connectivity index (χ1n) is 8.41. The van der Waals surface area contributed by atoms with Crippen molar-refractivity contribution in [1.29, 1.82) is 0 Å². The van der Waals surface area contributed by atoms with Gasteiger partial charge in [-0.3, -0.25) is 9.59 Å². The standard InChI is InChI=1S/C20H21NO3/c1-3-6-13-8-5-9-16-17(22)11-18(24-19(13)16)15-10-14(7-4-2)20(23)21-12-15/h5,8-12H,3-4,6-7H2,1-2H3,(H,21,23). The molecule has 2 heterocycles. The van der Waals surface area contributed by atoms with Gasteiger partial charge in [0.1, 0.15) is 11.3 Å². The lowest BCUT2D eigenvalue weighted by Crippen LogP contribution is -2.12. The van der Waals surface area contributed by atoms with Crippen LogP contribution >= 0.6 is 0 Å². The number of para-hydroxylation sites is 1. The summed E-state index contributed by atoms with van der Waals surface area (Å²) in [4.78, 5) is 27.1. The van der Waals surface area contributed by atoms with E-state index in [-0.39, 0.29) is 11.0 Å². The van der Waals surface area contributed by atoms with Crippen molar-refractivity contribution in [2.45, 2.75) is 39.5 Å². The van der Waals surface area contributed by atoms with Crippen molar-refractivity contribution < 1.29 is 4.42 Å². The molecule has 3 rings (SSSR count). The number of fused-ring (bicyclic) bond motifs is 1. The van der Waals surface area contributed by atoms with Crippen molar-refractivity contribution in [3.63, 3.8) is 0 Å². The van der Waals surface area contributed by atoms with E-state index in [1.807, 2.05) is 25.1 Å². The van der Waals surface area contributed by atoms with E-state index in [0.29, 0.717) is 28.7 Å². The molecule has 1 N–H and O–H groups in total. The molecule has 0 aliphatic rings. The summed E-state index contributed by atoms with van der Waals surface area (Å²) >= 11 is 0. The van der Waals surface area contributed by atoms with E-state index < -0.39 is 0 Å². The van der Waals surface area contributed by atoms with Crippen LogP contribution in [0.25, 0.3) is 22.3 Å². The molecule has 0 aliphatic heterocycles. The van der Waals surface area contributed by atoms with Gasteiger partial charge in [-0.05, 0) is 30.5 Å². The predicted molar refractivity (Wildman–Crippen MR) is 96.5 cm³/mol. The largest absolute Gasteiger partial charge is 0.455 e. The molecule has 0 bridgehead atoms. The zero-order valence-corrected chi connectivity index (χ0v) is 14.0. The van der Waals surface area contributed by atoms with Crippen LogP contribution in [0, 0.1) is 0 Å². The summed E-state index contributed by atoms with van der Waals surface area (Å²) in [7, 11) is 0. The van der Waals surface area contributed by atoms with Crippen LogP contribution in [0.2, 0.25) is 0 Å². The smallest absolute Gasteiger partial charge is 0.251 e. The number of hydrogen-bond donors (Lipinski definition) is 1. The van der Waals surface area contributed by atoms with Gasteiger partial charge in [-0.2, -0.15) is 0 Å². The fourth-order valence-electron chi connectivity index (χ4n) is 2.97. The van der Waals surface area contributed by atoms with Gasteiger partial charge < -0.3 is 9.40 Å². The van der Waals surface area contributed by atoms with Crippen LogP contribution < -0.4 is 11.0 Å². The number of rotatable bonds is 5. The maximum atomic E-state index is 12.5. The molecule has 0 unspecified atom stereocenters. The van der Waals surface area contributed by atoms with Crippen LogP contribution in [0.15, 0.2) is 50.5 Å². The summed E-state index contributed by atoms with van der Waals surface area (Å²) in [6.07, 6.45) is 5.02. The Morgan fingerprint density at radius 1 is 1.00 bits per heavy atom. The minimum Gasteiger partial charge on any atom is -0.455 e. The Labute approximate surface area is 140 Å². The fraction of sp³-hybridized carbons (Fsp3) is 0.300. The average molecular weight is 323 g/mol. The van der Waals surface area contributed by atoms with Gasteiger partial charge in [-0.1, -0.05) is 38.8 Å². The Bertz CT molecular complexity index is 982. The minimum atomic E-state index is -0.0876. The third-order valence-corrected chi connectivity index (χ3v) is 4.14. The first-order valence-corrected chi connectivity index (χ1v) is 8.41. The van der Waals surface area contributed by atoms with Gasteiger partial charge in [-0.25, -0.2) is 0 Å². The van der Waals surface area contributed by atoms with Crippen LogP contribution in [0.1, 0.15) is 37.8 Å². The second-order valence-electron chi connectivity index (χ2n) is 6.01. The zero-order valence-electron chi connectivity index (χ0n) is 14.0. The number of benzene rings is 1. The highest BCUT2D eigenvalue weighted by atomic mass is 16.3. The summed E-state index contributed by atoms with van der Waals surface area (Å²) in [5.74, 6) is 0.490. The lowest BCUT2D eigenvalue weighted by atomic mass is 10.0. The van der Waals surface area contributed by atoms with Crippen LogP contribution in [0.4, 0.5) is 0 Å². The van der Waals surface area contributed by atoms with Gasteiger partial charge in [0.2, 0.25) is 0 Å². The minimum absolute atomic E-state index is 0.0626. The highest BCUT2D eigenvalue weighted by Crippen LogP contribution is 2.24. The summed E-state index contributed by atoms with van der Waals surface area (Å²) in [6.45, 7) is 4.12. The average Bonchev–Trinajstić information content (AvgIpc) is 2.58. The van der Waals surface area contributed by atoms with E-state index in [1.54, 1.807) is 12.3 Å². The second kappa shape index (κ2) is 6.87. The SMILES string of the molecule is CCCc1cc(-c2cc(=O)c3cccc(CCC)c3o2)c[nH]c1=O. The molecular formula is C20H21NO3. The molecule has 0 amide bonds. The maximum absolute atomic E-state index is 12.5. The Hall–Kier alpha value is -2.62. The van der Waals surface area contributed by atoms with Crippen molar-refractivity contribution in [2.75, 3.05) is 0 Å². The quantitative estimate of drug-likeness (QED) is 0.770. The van der Waals surface area contributed by atoms with E-state index in [4.69, 9.17) is 4.42 Å². The van der Waals surface area contributed by atoms with Crippen LogP contribution in [0.3, 0.4) is 0 Å². The number of hydrogen-bond acceptors (Lipinski definition) is 3.